The van der Waals surface area contributed by atoms with Crippen LogP contribution in [0.4, 0.5) is 0 Å². The van der Waals surface area contributed by atoms with Crippen LogP contribution in [0.25, 0.3) is 11.0 Å². The Kier molecular flexibility index (Phi) is 3.09. The van der Waals surface area contributed by atoms with Gasteiger partial charge in [0.2, 0.25) is 0 Å². The Labute approximate surface area is 113 Å². The molecule has 3 rings (SSSR count). The number of H-pyrrole nitrogens is 1. The highest BCUT2D eigenvalue weighted by Gasteiger charge is 2.43. The number of aliphatic hydroxyl groups is 3. The summed E-state index contributed by atoms with van der Waals surface area (Å²) in [6, 6.07) is 1.56. The summed E-state index contributed by atoms with van der Waals surface area (Å²) in [6.45, 7) is 1.25. The van der Waals surface area contributed by atoms with Gasteiger partial charge >= 0.3 is 0 Å². The summed E-state index contributed by atoms with van der Waals surface area (Å²) in [5, 5.41) is 29.2. The molecule has 1 saturated heterocycles. The zero-order chi connectivity index (χ0) is 14.4. The summed E-state index contributed by atoms with van der Waals surface area (Å²) < 4.78 is 6.92. The van der Waals surface area contributed by atoms with Crippen molar-refractivity contribution < 1.29 is 20.1 Å². The average Bonchev–Trinajstić information content (AvgIpc) is 2.93. The molecule has 1 unspecified atom stereocenters. The molecule has 0 radical (unpaired) electrons. The molecule has 0 bridgehead atoms. The van der Waals surface area contributed by atoms with Crippen LogP contribution in [0, 0.1) is 6.92 Å². The van der Waals surface area contributed by atoms with Crippen LogP contribution in [-0.4, -0.2) is 54.8 Å². The maximum Gasteiger partial charge on any atom is 0.260 e. The summed E-state index contributed by atoms with van der Waals surface area (Å²) >= 11 is 0. The van der Waals surface area contributed by atoms with Gasteiger partial charge in [0.25, 0.3) is 5.56 Å². The fraction of sp³-hybridized carbons (Fsp3) is 0.500. The maximum atomic E-state index is 11.8. The lowest BCUT2D eigenvalue weighted by Crippen LogP contribution is -2.33. The fourth-order valence-corrected chi connectivity index (χ4v) is 2.47. The molecule has 108 valence electrons. The second-order valence-electron chi connectivity index (χ2n) is 4.84. The number of hydrogen-bond donors (Lipinski definition) is 4. The number of aryl methyl sites for hydroxylation is 1. The first-order chi connectivity index (χ1) is 9.52. The number of aromatic nitrogens is 3. The largest absolute Gasteiger partial charge is 0.394 e. The van der Waals surface area contributed by atoms with Gasteiger partial charge in [-0.3, -0.25) is 4.79 Å². The molecule has 20 heavy (non-hydrogen) atoms. The molecule has 0 aliphatic carbocycles. The van der Waals surface area contributed by atoms with Gasteiger partial charge in [-0.05, 0) is 13.0 Å². The third kappa shape index (κ3) is 1.85. The lowest BCUT2D eigenvalue weighted by Gasteiger charge is -2.17. The number of fused-ring (bicyclic) bond motifs is 1. The van der Waals surface area contributed by atoms with Crippen molar-refractivity contribution in [3.63, 3.8) is 0 Å². The van der Waals surface area contributed by atoms with E-state index in [1.807, 2.05) is 0 Å². The van der Waals surface area contributed by atoms with E-state index in [-0.39, 0.29) is 5.56 Å². The van der Waals surface area contributed by atoms with Gasteiger partial charge in [-0.1, -0.05) is 0 Å². The monoisotopic (exact) mass is 281 g/mol. The number of nitrogens with zero attached hydrogens (tertiary/aromatic N) is 2. The van der Waals surface area contributed by atoms with Crippen LogP contribution in [-0.2, 0) is 4.74 Å². The standard InChI is InChI=1S/C12H15N3O5/c1-5-13-10-6(11(19)14-5)2-3-15(10)12-9(18)8(17)7(4-16)20-12/h2-3,7-9,12,16-18H,4H2,1H3,(H,13,14,19)/t7-,8+,9?,12-/m1/s1. The molecule has 1 aliphatic rings. The van der Waals surface area contributed by atoms with E-state index in [4.69, 9.17) is 9.84 Å². The van der Waals surface area contributed by atoms with Crippen molar-refractivity contribution in [2.75, 3.05) is 6.61 Å². The van der Waals surface area contributed by atoms with Gasteiger partial charge < -0.3 is 29.6 Å². The Balaban J connectivity index is 2.09. The van der Waals surface area contributed by atoms with E-state index in [9.17, 15) is 15.0 Å². The van der Waals surface area contributed by atoms with Gasteiger partial charge in [0.05, 0.1) is 12.0 Å². The van der Waals surface area contributed by atoms with Crippen molar-refractivity contribution in [3.05, 3.63) is 28.4 Å². The number of ether oxygens (including phenoxy) is 1. The summed E-state index contributed by atoms with van der Waals surface area (Å²) in [6.07, 6.45) is -2.59. The van der Waals surface area contributed by atoms with Gasteiger partial charge in [-0.15, -0.1) is 0 Å². The first-order valence-electron chi connectivity index (χ1n) is 6.23. The maximum absolute atomic E-state index is 11.8. The van der Waals surface area contributed by atoms with E-state index in [2.05, 4.69) is 9.97 Å². The summed E-state index contributed by atoms with van der Waals surface area (Å²) in [5.74, 6) is 0.439. The number of nitrogens with one attached hydrogen (secondary N) is 1. The second kappa shape index (κ2) is 4.67. The van der Waals surface area contributed by atoms with E-state index >= 15 is 0 Å². The Morgan fingerprint density at radius 2 is 2.20 bits per heavy atom. The van der Waals surface area contributed by atoms with Crippen LogP contribution in [0.2, 0.25) is 0 Å². The highest BCUT2D eigenvalue weighted by atomic mass is 16.6. The molecule has 0 amide bonds. The summed E-state index contributed by atoms with van der Waals surface area (Å²) in [4.78, 5) is 18.6. The SMILES string of the molecule is Cc1nc2c(ccn2[C@@H]2O[C@H](CO)[C@H](O)C2O)c(=O)[nH]1. The van der Waals surface area contributed by atoms with Gasteiger partial charge in [0, 0.05) is 6.20 Å². The molecule has 2 aromatic heterocycles. The average molecular weight is 281 g/mol. The van der Waals surface area contributed by atoms with Crippen LogP contribution in [0.3, 0.4) is 0 Å². The number of rotatable bonds is 2. The number of aromatic amines is 1. The molecule has 1 fully saturated rings. The minimum absolute atomic E-state index is 0.280. The topological polar surface area (TPSA) is 121 Å². The third-order valence-electron chi connectivity index (χ3n) is 3.49. The lowest BCUT2D eigenvalue weighted by atomic mass is 10.1. The molecule has 8 heteroatoms. The molecule has 0 aromatic carbocycles. The van der Waals surface area contributed by atoms with E-state index < -0.39 is 31.1 Å². The second-order valence-corrected chi connectivity index (χ2v) is 4.84. The quantitative estimate of drug-likeness (QED) is 0.540. The third-order valence-corrected chi connectivity index (χ3v) is 3.49. The molecule has 1 aliphatic heterocycles. The summed E-state index contributed by atoms with van der Waals surface area (Å²) in [7, 11) is 0. The van der Waals surface area contributed by atoms with Crippen molar-refractivity contribution >= 4 is 11.0 Å². The van der Waals surface area contributed by atoms with Gasteiger partial charge in [-0.25, -0.2) is 4.98 Å². The van der Waals surface area contributed by atoms with Crippen molar-refractivity contribution in [1.29, 1.82) is 0 Å². The first kappa shape index (κ1) is 13.3. The minimum Gasteiger partial charge on any atom is -0.394 e. The molecule has 4 atom stereocenters. The van der Waals surface area contributed by atoms with E-state index in [0.717, 1.165) is 0 Å². The predicted octanol–water partition coefficient (Wildman–Crippen LogP) is -1.36. The van der Waals surface area contributed by atoms with Gasteiger partial charge in [-0.2, -0.15) is 0 Å². The molecule has 8 nitrogen and oxygen atoms in total. The highest BCUT2D eigenvalue weighted by Crippen LogP contribution is 2.31. The first-order valence-corrected chi connectivity index (χ1v) is 6.23. The molecular weight excluding hydrogens is 266 g/mol. The Morgan fingerprint density at radius 3 is 2.85 bits per heavy atom. The molecule has 0 spiro atoms. The zero-order valence-corrected chi connectivity index (χ0v) is 10.7. The van der Waals surface area contributed by atoms with Crippen molar-refractivity contribution in [2.24, 2.45) is 0 Å². The zero-order valence-electron chi connectivity index (χ0n) is 10.7. The molecule has 0 saturated carbocycles. The van der Waals surface area contributed by atoms with Crippen LogP contribution in [0.15, 0.2) is 17.1 Å². The summed E-state index contributed by atoms with van der Waals surface area (Å²) in [5.41, 5.74) is 0.0825. The fourth-order valence-electron chi connectivity index (χ4n) is 2.47. The highest BCUT2D eigenvalue weighted by molar-refractivity contribution is 5.75. The van der Waals surface area contributed by atoms with Crippen molar-refractivity contribution in [2.45, 2.75) is 31.5 Å². The Bertz CT molecular complexity index is 694. The van der Waals surface area contributed by atoms with Crippen molar-refractivity contribution in [1.82, 2.24) is 14.5 Å². The van der Waals surface area contributed by atoms with Crippen LogP contribution in [0.1, 0.15) is 12.1 Å². The molecule has 2 aromatic rings. The van der Waals surface area contributed by atoms with Crippen molar-refractivity contribution in [3.8, 4) is 0 Å². The Morgan fingerprint density at radius 1 is 1.45 bits per heavy atom. The van der Waals surface area contributed by atoms with Gasteiger partial charge in [0.1, 0.15) is 29.8 Å². The normalized spacial score (nSPS) is 30.2. The number of aliphatic hydroxyl groups excluding tert-OH is 3. The minimum atomic E-state index is -1.20. The number of hydrogen-bond acceptors (Lipinski definition) is 6. The van der Waals surface area contributed by atoms with Gasteiger partial charge in [0.15, 0.2) is 6.23 Å². The van der Waals surface area contributed by atoms with Crippen LogP contribution in [0.5, 0.6) is 0 Å². The predicted molar refractivity (Wildman–Crippen MR) is 68.1 cm³/mol. The smallest absolute Gasteiger partial charge is 0.260 e. The molecule has 3 heterocycles. The molecular formula is C12H15N3O5. The van der Waals surface area contributed by atoms with E-state index in [0.29, 0.717) is 16.9 Å². The van der Waals surface area contributed by atoms with Crippen LogP contribution >= 0.6 is 0 Å². The lowest BCUT2D eigenvalue weighted by molar-refractivity contribution is -0.0508. The molecule has 4 N–H and O–H groups in total. The van der Waals surface area contributed by atoms with Crippen LogP contribution < -0.4 is 5.56 Å². The van der Waals surface area contributed by atoms with E-state index in [1.54, 1.807) is 19.2 Å². The van der Waals surface area contributed by atoms with E-state index in [1.165, 1.54) is 4.57 Å². The Hall–Kier alpha value is -1.74.